The number of carbonyl (C=O) groups excluding carboxylic acids is 1. The maximum atomic E-state index is 12.8. The highest BCUT2D eigenvalue weighted by Gasteiger charge is 2.35. The zero-order valence-electron chi connectivity index (χ0n) is 17.9. The van der Waals surface area contributed by atoms with Crippen LogP contribution >= 0.6 is 22.9 Å². The molecule has 0 bridgehead atoms. The van der Waals surface area contributed by atoms with E-state index in [-0.39, 0.29) is 27.4 Å². The number of allylic oxidation sites excluding steroid dienone is 1. The number of fused-ring (bicyclic) bond motifs is 1. The van der Waals surface area contributed by atoms with Crippen molar-refractivity contribution in [3.8, 4) is 5.88 Å². The van der Waals surface area contributed by atoms with Crippen LogP contribution in [0.5, 0.6) is 5.88 Å². The molecule has 9 nitrogen and oxygen atoms in total. The summed E-state index contributed by atoms with van der Waals surface area (Å²) < 4.78 is 60.0. The number of ether oxygens (including phenoxy) is 2. The van der Waals surface area contributed by atoms with E-state index in [9.17, 15) is 22.0 Å². The monoisotopic (exact) mass is 534 g/mol. The number of carbonyl (C=O) groups is 1. The van der Waals surface area contributed by atoms with Crippen LogP contribution in [0.3, 0.4) is 0 Å². The van der Waals surface area contributed by atoms with E-state index in [1.165, 1.54) is 18.5 Å². The maximum absolute atomic E-state index is 12.8. The average Bonchev–Trinajstić information content (AvgIpc) is 3.20. The number of rotatable bonds is 7. The quantitative estimate of drug-likeness (QED) is 0.580. The normalized spacial score (nSPS) is 23.6. The molecule has 2 atom stereocenters. The van der Waals surface area contributed by atoms with Crippen molar-refractivity contribution in [2.45, 2.75) is 44.1 Å². The highest BCUT2D eigenvalue weighted by Crippen LogP contribution is 2.28. The lowest BCUT2D eigenvalue weighted by Crippen LogP contribution is -2.50. The predicted molar refractivity (Wildman–Crippen MR) is 124 cm³/mol. The van der Waals surface area contributed by atoms with Gasteiger partial charge >= 0.3 is 0 Å². The van der Waals surface area contributed by atoms with Gasteiger partial charge in [0.15, 0.2) is 5.01 Å². The lowest BCUT2D eigenvalue weighted by molar-refractivity contribution is -0.0457. The Kier molecular flexibility index (Phi) is 7.17. The van der Waals surface area contributed by atoms with Crippen LogP contribution in [0.25, 0.3) is 10.2 Å². The van der Waals surface area contributed by atoms with Crippen molar-refractivity contribution in [3.63, 3.8) is 0 Å². The van der Waals surface area contributed by atoms with Gasteiger partial charge in [0, 0.05) is 17.8 Å². The molecule has 2 unspecified atom stereocenters. The second-order valence-electron chi connectivity index (χ2n) is 8.20. The first kappa shape index (κ1) is 24.9. The van der Waals surface area contributed by atoms with E-state index in [2.05, 4.69) is 20.3 Å². The molecule has 2 aromatic heterocycles. The summed E-state index contributed by atoms with van der Waals surface area (Å²) in [5, 5.41) is 3.34. The fourth-order valence-electron chi connectivity index (χ4n) is 3.46. The molecule has 4 heterocycles. The number of halogens is 3. The van der Waals surface area contributed by atoms with Crippen molar-refractivity contribution in [2.24, 2.45) is 4.99 Å². The van der Waals surface area contributed by atoms with Crippen LogP contribution in [-0.2, 0) is 14.6 Å². The number of aliphatic imine (C=N–C) groups is 1. The molecule has 1 N–H and O–H groups in total. The van der Waals surface area contributed by atoms with Crippen molar-refractivity contribution in [1.82, 2.24) is 15.3 Å². The van der Waals surface area contributed by atoms with Crippen molar-refractivity contribution in [3.05, 3.63) is 28.4 Å². The van der Waals surface area contributed by atoms with Gasteiger partial charge < -0.3 is 14.8 Å². The molecule has 1 fully saturated rings. The summed E-state index contributed by atoms with van der Waals surface area (Å²) in [6.07, 6.45) is 0.302. The zero-order chi connectivity index (χ0) is 24.5. The molecule has 2 aliphatic rings. The fraction of sp³-hybridized carbons (Fsp3) is 0.500. The molecule has 1 amide bonds. The van der Waals surface area contributed by atoms with E-state index in [4.69, 9.17) is 21.1 Å². The SMILES string of the molecule is CC1(NC(=O)c2nc3cnc(OC4N=CC(Cl)=CC4OCC(F)F)cc3s2)CCS(=O)(=O)CC1. The highest BCUT2D eigenvalue weighted by atomic mass is 35.5. The van der Waals surface area contributed by atoms with Gasteiger partial charge in [-0.2, -0.15) is 0 Å². The Hall–Kier alpha value is -2.22. The van der Waals surface area contributed by atoms with Crippen molar-refractivity contribution in [2.75, 3.05) is 18.1 Å². The van der Waals surface area contributed by atoms with Gasteiger partial charge in [-0.3, -0.25) is 4.79 Å². The Morgan fingerprint density at radius 3 is 2.82 bits per heavy atom. The van der Waals surface area contributed by atoms with Crippen LogP contribution in [0.4, 0.5) is 8.78 Å². The van der Waals surface area contributed by atoms with Gasteiger partial charge in [-0.25, -0.2) is 32.2 Å². The Balaban J connectivity index is 1.45. The van der Waals surface area contributed by atoms with E-state index in [0.29, 0.717) is 23.1 Å². The van der Waals surface area contributed by atoms with Gasteiger partial charge in [0.2, 0.25) is 12.1 Å². The summed E-state index contributed by atoms with van der Waals surface area (Å²) in [6, 6.07) is 1.57. The molecule has 4 rings (SSSR count). The molecule has 2 aromatic rings. The number of nitrogens with zero attached hydrogens (tertiary/aromatic N) is 3. The molecule has 184 valence electrons. The molecule has 0 aliphatic carbocycles. The molecule has 0 aromatic carbocycles. The molecule has 0 radical (unpaired) electrons. The molecule has 0 spiro atoms. The third-order valence-electron chi connectivity index (χ3n) is 5.39. The highest BCUT2D eigenvalue weighted by molar-refractivity contribution is 7.91. The topological polar surface area (TPSA) is 120 Å². The van der Waals surface area contributed by atoms with Crippen LogP contribution in [-0.4, -0.2) is 72.9 Å². The smallest absolute Gasteiger partial charge is 0.280 e. The van der Waals surface area contributed by atoms with Crippen LogP contribution in [0, 0.1) is 0 Å². The number of amides is 1. The van der Waals surface area contributed by atoms with Crippen LogP contribution in [0.15, 0.2) is 28.4 Å². The lowest BCUT2D eigenvalue weighted by atomic mass is 9.95. The molecule has 2 aliphatic heterocycles. The van der Waals surface area contributed by atoms with Gasteiger partial charge in [0.1, 0.15) is 28.1 Å². The first-order valence-electron chi connectivity index (χ1n) is 10.3. The standard InChI is InChI=1S/C20H21ClF2N4O5S2/c1-20(2-4-34(29,30)5-3-20)27-17(28)19-26-12-9-24-16(7-14(12)33-19)32-18-13(31-10-15(22)23)6-11(21)8-25-18/h6-9,13,15,18H,2-5,10H2,1H3,(H,27,28). The van der Waals surface area contributed by atoms with Crippen LogP contribution in [0.1, 0.15) is 29.6 Å². The van der Waals surface area contributed by atoms with Crippen LogP contribution in [0.2, 0.25) is 0 Å². The van der Waals surface area contributed by atoms with Gasteiger partial charge in [-0.1, -0.05) is 11.6 Å². The van der Waals surface area contributed by atoms with Crippen molar-refractivity contribution in [1.29, 1.82) is 0 Å². The van der Waals surface area contributed by atoms with Crippen molar-refractivity contribution < 1.29 is 31.5 Å². The summed E-state index contributed by atoms with van der Waals surface area (Å²) in [7, 11) is -3.06. The molecule has 14 heteroatoms. The van der Waals surface area contributed by atoms with E-state index < -0.39 is 46.6 Å². The second kappa shape index (κ2) is 9.80. The molecule has 1 saturated heterocycles. The first-order chi connectivity index (χ1) is 16.0. The average molecular weight is 535 g/mol. The summed E-state index contributed by atoms with van der Waals surface area (Å²) in [6.45, 7) is 1.02. The Labute approximate surface area is 203 Å². The van der Waals surface area contributed by atoms with Gasteiger partial charge in [-0.05, 0) is 25.8 Å². The van der Waals surface area contributed by atoms with Gasteiger partial charge in [-0.15, -0.1) is 11.3 Å². The number of nitrogens with one attached hydrogen (secondary N) is 1. The lowest BCUT2D eigenvalue weighted by Gasteiger charge is -2.33. The number of dihydropyridines is 1. The molecule has 0 saturated carbocycles. The third-order valence-corrected chi connectivity index (χ3v) is 8.29. The number of sulfone groups is 1. The number of alkyl halides is 2. The summed E-state index contributed by atoms with van der Waals surface area (Å²) >= 11 is 7.02. The van der Waals surface area contributed by atoms with E-state index in [1.54, 1.807) is 6.07 Å². The fourth-order valence-corrected chi connectivity index (χ4v) is 6.23. The van der Waals surface area contributed by atoms with Gasteiger partial charge in [0.25, 0.3) is 12.3 Å². The summed E-state index contributed by atoms with van der Waals surface area (Å²) in [5.74, 6) is -0.199. The Morgan fingerprint density at radius 1 is 1.38 bits per heavy atom. The number of aromatic nitrogens is 2. The summed E-state index contributed by atoms with van der Waals surface area (Å²) in [4.78, 5) is 25.3. The van der Waals surface area contributed by atoms with E-state index in [1.807, 2.05) is 6.92 Å². The van der Waals surface area contributed by atoms with Crippen molar-refractivity contribution >= 4 is 55.1 Å². The Morgan fingerprint density at radius 2 is 2.12 bits per heavy atom. The minimum absolute atomic E-state index is 0.0281. The van der Waals surface area contributed by atoms with E-state index >= 15 is 0 Å². The van der Waals surface area contributed by atoms with Crippen LogP contribution < -0.4 is 10.1 Å². The second-order valence-corrected chi connectivity index (χ2v) is 12.0. The third kappa shape index (κ3) is 6.06. The summed E-state index contributed by atoms with van der Waals surface area (Å²) in [5.41, 5.74) is -0.159. The Bertz CT molecular complexity index is 1240. The number of hydrogen-bond donors (Lipinski definition) is 1. The molecular weight excluding hydrogens is 514 g/mol. The predicted octanol–water partition coefficient (Wildman–Crippen LogP) is 2.95. The number of hydrogen-bond acceptors (Lipinski definition) is 9. The minimum atomic E-state index is -3.06. The maximum Gasteiger partial charge on any atom is 0.280 e. The first-order valence-corrected chi connectivity index (χ1v) is 13.3. The molecule has 34 heavy (non-hydrogen) atoms. The van der Waals surface area contributed by atoms with E-state index in [0.717, 1.165) is 11.3 Å². The number of thiazole rings is 1. The molecular formula is C20H21ClF2N4O5S2. The zero-order valence-corrected chi connectivity index (χ0v) is 20.3. The largest absolute Gasteiger partial charge is 0.449 e. The number of pyridine rings is 1. The van der Waals surface area contributed by atoms with Gasteiger partial charge in [0.05, 0.1) is 27.4 Å². The minimum Gasteiger partial charge on any atom is -0.449 e.